The summed E-state index contributed by atoms with van der Waals surface area (Å²) in [6, 6.07) is 0.564. The second-order valence-corrected chi connectivity index (χ2v) is 6.01. The van der Waals surface area contributed by atoms with Crippen LogP contribution in [0.4, 0.5) is 0 Å². The summed E-state index contributed by atoms with van der Waals surface area (Å²) in [7, 11) is 3.56. The van der Waals surface area contributed by atoms with Crippen molar-refractivity contribution >= 4 is 5.97 Å². The number of nitrogens with zero attached hydrogens (tertiary/aromatic N) is 2. The van der Waals surface area contributed by atoms with Crippen LogP contribution in [-0.4, -0.2) is 67.7 Å². The van der Waals surface area contributed by atoms with Crippen molar-refractivity contribution in [1.29, 1.82) is 0 Å². The van der Waals surface area contributed by atoms with Crippen molar-refractivity contribution in [1.82, 2.24) is 9.80 Å². The molecule has 0 aromatic carbocycles. The van der Waals surface area contributed by atoms with Gasteiger partial charge < -0.3 is 15.4 Å². The first-order valence-electron chi connectivity index (χ1n) is 7.16. The van der Waals surface area contributed by atoms with Gasteiger partial charge in [-0.05, 0) is 59.8 Å². The van der Waals surface area contributed by atoms with E-state index in [1.54, 1.807) is 6.92 Å². The standard InChI is InChI=1S/C14H29N3O2/c1-12-11-16(3)8-6-10-17(12)9-5-7-14(2,15)13(18)19-4/h12H,5-11,15H2,1-4H3. The molecule has 1 rings (SSSR count). The quantitative estimate of drug-likeness (QED) is 0.745. The van der Waals surface area contributed by atoms with Gasteiger partial charge in [-0.25, -0.2) is 0 Å². The first-order chi connectivity index (χ1) is 8.86. The van der Waals surface area contributed by atoms with Crippen LogP contribution in [0.2, 0.25) is 0 Å². The van der Waals surface area contributed by atoms with Crippen molar-refractivity contribution in [3.63, 3.8) is 0 Å². The molecule has 1 fully saturated rings. The van der Waals surface area contributed by atoms with E-state index in [0.29, 0.717) is 12.5 Å². The highest BCUT2D eigenvalue weighted by molar-refractivity contribution is 5.79. The molecule has 0 bridgehead atoms. The smallest absolute Gasteiger partial charge is 0.325 e. The molecule has 0 aromatic heterocycles. The molecule has 0 spiro atoms. The van der Waals surface area contributed by atoms with E-state index < -0.39 is 5.54 Å². The van der Waals surface area contributed by atoms with Crippen LogP contribution in [0, 0.1) is 0 Å². The summed E-state index contributed by atoms with van der Waals surface area (Å²) in [5.74, 6) is -0.323. The van der Waals surface area contributed by atoms with Crippen LogP contribution in [0.25, 0.3) is 0 Å². The molecule has 0 aromatic rings. The van der Waals surface area contributed by atoms with Crippen LogP contribution in [0.3, 0.4) is 0 Å². The Kier molecular flexibility index (Phi) is 6.23. The highest BCUT2D eigenvalue weighted by Crippen LogP contribution is 2.14. The molecule has 0 radical (unpaired) electrons. The Labute approximate surface area is 117 Å². The number of carbonyl (C=O) groups excluding carboxylic acids is 1. The molecule has 2 atom stereocenters. The van der Waals surface area contributed by atoms with Crippen LogP contribution in [0.5, 0.6) is 0 Å². The highest BCUT2D eigenvalue weighted by Gasteiger charge is 2.29. The number of carbonyl (C=O) groups is 1. The van der Waals surface area contributed by atoms with Crippen molar-refractivity contribution in [2.45, 2.75) is 44.7 Å². The van der Waals surface area contributed by atoms with Gasteiger partial charge in [0.25, 0.3) is 0 Å². The largest absolute Gasteiger partial charge is 0.468 e. The molecule has 112 valence electrons. The van der Waals surface area contributed by atoms with Gasteiger partial charge in [0.05, 0.1) is 7.11 Å². The van der Waals surface area contributed by atoms with Crippen LogP contribution in [0.15, 0.2) is 0 Å². The first-order valence-corrected chi connectivity index (χ1v) is 7.16. The summed E-state index contributed by atoms with van der Waals surface area (Å²) in [6.45, 7) is 8.42. The van der Waals surface area contributed by atoms with Gasteiger partial charge >= 0.3 is 5.97 Å². The summed E-state index contributed by atoms with van der Waals surface area (Å²) in [6.07, 6.45) is 2.80. The number of hydrogen-bond donors (Lipinski definition) is 1. The molecule has 1 aliphatic heterocycles. The van der Waals surface area contributed by atoms with E-state index in [1.165, 1.54) is 13.5 Å². The zero-order valence-electron chi connectivity index (χ0n) is 12.8. The van der Waals surface area contributed by atoms with Gasteiger partial charge in [0.15, 0.2) is 0 Å². The average Bonchev–Trinajstić information content (AvgIpc) is 2.50. The zero-order chi connectivity index (χ0) is 14.5. The number of ether oxygens (including phenoxy) is 1. The fourth-order valence-corrected chi connectivity index (χ4v) is 2.74. The van der Waals surface area contributed by atoms with E-state index in [2.05, 4.69) is 23.8 Å². The summed E-state index contributed by atoms with van der Waals surface area (Å²) in [5, 5.41) is 0. The van der Waals surface area contributed by atoms with Gasteiger partial charge in [-0.3, -0.25) is 9.69 Å². The van der Waals surface area contributed by atoms with Crippen molar-refractivity contribution in [2.75, 3.05) is 40.3 Å². The Balaban J connectivity index is 2.37. The molecule has 1 heterocycles. The van der Waals surface area contributed by atoms with E-state index >= 15 is 0 Å². The van der Waals surface area contributed by atoms with E-state index in [-0.39, 0.29) is 5.97 Å². The van der Waals surface area contributed by atoms with E-state index in [0.717, 1.165) is 32.6 Å². The number of nitrogens with two attached hydrogens (primary N) is 1. The third-order valence-corrected chi connectivity index (χ3v) is 3.98. The predicted octanol–water partition coefficient (Wildman–Crippen LogP) is 0.683. The van der Waals surface area contributed by atoms with Crippen LogP contribution in [-0.2, 0) is 9.53 Å². The van der Waals surface area contributed by atoms with Gasteiger partial charge in [-0.2, -0.15) is 0 Å². The Morgan fingerprint density at radius 2 is 2.16 bits per heavy atom. The normalized spacial score (nSPS) is 25.6. The Bertz CT molecular complexity index is 294. The van der Waals surface area contributed by atoms with Crippen LogP contribution >= 0.6 is 0 Å². The molecule has 2 unspecified atom stereocenters. The van der Waals surface area contributed by atoms with Crippen molar-refractivity contribution < 1.29 is 9.53 Å². The topological polar surface area (TPSA) is 58.8 Å². The van der Waals surface area contributed by atoms with Crippen LogP contribution in [0.1, 0.15) is 33.1 Å². The summed E-state index contributed by atoms with van der Waals surface area (Å²) in [4.78, 5) is 16.4. The molecule has 5 heteroatoms. The Morgan fingerprint density at radius 1 is 1.47 bits per heavy atom. The lowest BCUT2D eigenvalue weighted by Gasteiger charge is -2.29. The lowest BCUT2D eigenvalue weighted by atomic mass is 9.97. The van der Waals surface area contributed by atoms with Crippen molar-refractivity contribution in [3.05, 3.63) is 0 Å². The number of esters is 1. The zero-order valence-corrected chi connectivity index (χ0v) is 12.8. The lowest BCUT2D eigenvalue weighted by Crippen LogP contribution is -2.46. The number of rotatable bonds is 5. The molecule has 0 aliphatic carbocycles. The fourth-order valence-electron chi connectivity index (χ4n) is 2.74. The molecule has 0 amide bonds. The Hall–Kier alpha value is -0.650. The maximum Gasteiger partial charge on any atom is 0.325 e. The van der Waals surface area contributed by atoms with E-state index in [9.17, 15) is 4.79 Å². The molecular formula is C14H29N3O2. The Morgan fingerprint density at radius 3 is 2.79 bits per heavy atom. The van der Waals surface area contributed by atoms with Gasteiger partial charge in [-0.15, -0.1) is 0 Å². The second-order valence-electron chi connectivity index (χ2n) is 6.01. The average molecular weight is 271 g/mol. The molecule has 5 nitrogen and oxygen atoms in total. The molecule has 0 saturated carbocycles. The minimum absolute atomic E-state index is 0.323. The SMILES string of the molecule is COC(=O)C(C)(N)CCCN1CCCN(C)CC1C. The summed E-state index contributed by atoms with van der Waals surface area (Å²) >= 11 is 0. The van der Waals surface area contributed by atoms with Gasteiger partial charge in [-0.1, -0.05) is 0 Å². The molecule has 2 N–H and O–H groups in total. The number of methoxy groups -OCH3 is 1. The summed E-state index contributed by atoms with van der Waals surface area (Å²) in [5.41, 5.74) is 5.11. The van der Waals surface area contributed by atoms with Gasteiger partial charge in [0.2, 0.25) is 0 Å². The van der Waals surface area contributed by atoms with Gasteiger partial charge in [0, 0.05) is 12.6 Å². The van der Waals surface area contributed by atoms with Gasteiger partial charge in [0.1, 0.15) is 5.54 Å². The molecule has 19 heavy (non-hydrogen) atoms. The van der Waals surface area contributed by atoms with Crippen LogP contribution < -0.4 is 5.73 Å². The highest BCUT2D eigenvalue weighted by atomic mass is 16.5. The maximum absolute atomic E-state index is 11.5. The first kappa shape index (κ1) is 16.4. The predicted molar refractivity (Wildman–Crippen MR) is 77.0 cm³/mol. The van der Waals surface area contributed by atoms with E-state index in [1.807, 2.05) is 0 Å². The molecule has 1 aliphatic rings. The lowest BCUT2D eigenvalue weighted by molar-refractivity contribution is -0.146. The minimum atomic E-state index is -0.860. The third kappa shape index (κ3) is 5.09. The monoisotopic (exact) mass is 271 g/mol. The maximum atomic E-state index is 11.5. The molecular weight excluding hydrogens is 242 g/mol. The molecule has 1 saturated heterocycles. The second kappa shape index (κ2) is 7.22. The number of hydrogen-bond acceptors (Lipinski definition) is 5. The summed E-state index contributed by atoms with van der Waals surface area (Å²) < 4.78 is 4.73. The van der Waals surface area contributed by atoms with Crippen molar-refractivity contribution in [3.8, 4) is 0 Å². The minimum Gasteiger partial charge on any atom is -0.468 e. The third-order valence-electron chi connectivity index (χ3n) is 3.98. The fraction of sp³-hybridized carbons (Fsp3) is 0.929. The van der Waals surface area contributed by atoms with Crippen molar-refractivity contribution in [2.24, 2.45) is 5.73 Å². The number of likely N-dealkylation sites (N-methyl/N-ethyl adjacent to an activating group) is 1. The van der Waals surface area contributed by atoms with E-state index in [4.69, 9.17) is 10.5 Å².